The summed E-state index contributed by atoms with van der Waals surface area (Å²) in [5.74, 6) is 0.578. The topological polar surface area (TPSA) is 27.7 Å². The summed E-state index contributed by atoms with van der Waals surface area (Å²) in [6.45, 7) is 6.74. The summed E-state index contributed by atoms with van der Waals surface area (Å²) in [6.07, 6.45) is 0.817. The molecule has 6 heteroatoms. The molecule has 0 bridgehead atoms. The number of halogens is 2. The zero-order chi connectivity index (χ0) is 11.7. The lowest BCUT2D eigenvalue weighted by molar-refractivity contribution is 0.0608. The predicted octanol–water partition coefficient (Wildman–Crippen LogP) is 3.23. The van der Waals surface area contributed by atoms with E-state index >= 15 is 0 Å². The summed E-state index contributed by atoms with van der Waals surface area (Å²) in [6, 6.07) is 0.718. The summed E-state index contributed by atoms with van der Waals surface area (Å²) >= 11 is 11.5. The smallest absolute Gasteiger partial charge is 0.374 e. The normalized spacial score (nSPS) is 14.2. The maximum absolute atomic E-state index is 5.83. The molecule has 0 aromatic heterocycles. The first kappa shape index (κ1) is 15.7. The van der Waals surface area contributed by atoms with E-state index in [2.05, 4.69) is 0 Å². The molecule has 0 N–H and O–H groups in total. The van der Waals surface area contributed by atoms with E-state index in [-0.39, 0.29) is 0 Å². The van der Waals surface area contributed by atoms with Crippen molar-refractivity contribution >= 4 is 32.0 Å². The molecule has 3 nitrogen and oxygen atoms in total. The first-order chi connectivity index (χ1) is 7.10. The van der Waals surface area contributed by atoms with Crippen molar-refractivity contribution in [1.82, 2.24) is 0 Å². The van der Waals surface area contributed by atoms with Gasteiger partial charge in [0.05, 0.1) is 0 Å². The molecule has 1 atom stereocenters. The van der Waals surface area contributed by atoms with E-state index in [1.807, 2.05) is 13.8 Å². The van der Waals surface area contributed by atoms with E-state index in [0.29, 0.717) is 19.1 Å². The van der Waals surface area contributed by atoms with E-state index in [0.717, 1.165) is 12.5 Å². The zero-order valence-electron chi connectivity index (χ0n) is 9.59. The Kier molecular flexibility index (Phi) is 9.18. The number of hydrogen-bond acceptors (Lipinski definition) is 3. The molecule has 0 aliphatic heterocycles. The molecule has 92 valence electrons. The van der Waals surface area contributed by atoms with Gasteiger partial charge in [0.25, 0.3) is 0 Å². The van der Waals surface area contributed by atoms with Crippen molar-refractivity contribution in [3.63, 3.8) is 0 Å². The molecule has 0 aliphatic rings. The summed E-state index contributed by atoms with van der Waals surface area (Å²) in [7, 11) is -2.60. The van der Waals surface area contributed by atoms with Gasteiger partial charge in [-0.1, -0.05) is 11.6 Å². The minimum absolute atomic E-state index is 0.398. The first-order valence-electron chi connectivity index (χ1n) is 5.26. The highest BCUT2D eigenvalue weighted by Crippen LogP contribution is 2.21. The van der Waals surface area contributed by atoms with Gasteiger partial charge in [-0.15, -0.1) is 11.6 Å². The molecule has 0 amide bonds. The lowest BCUT2D eigenvalue weighted by atomic mass is 10.6. The third-order valence-electron chi connectivity index (χ3n) is 1.69. The Bertz CT molecular complexity index is 152. The van der Waals surface area contributed by atoms with Gasteiger partial charge in [0, 0.05) is 25.1 Å². The second-order valence-corrected chi connectivity index (χ2v) is 6.67. The minimum Gasteiger partial charge on any atom is -0.374 e. The van der Waals surface area contributed by atoms with E-state index in [1.54, 1.807) is 6.92 Å². The quantitative estimate of drug-likeness (QED) is 0.477. The summed E-state index contributed by atoms with van der Waals surface area (Å²) in [5.41, 5.74) is -0.398. The monoisotopic (exact) mass is 274 g/mol. The highest BCUT2D eigenvalue weighted by Gasteiger charge is 2.41. The van der Waals surface area contributed by atoms with E-state index in [4.69, 9.17) is 36.5 Å². The minimum atomic E-state index is -2.60. The molecule has 0 rings (SSSR count). The molecule has 0 aliphatic carbocycles. The number of hydrogen-bond donors (Lipinski definition) is 0. The fourth-order valence-electron chi connectivity index (χ4n) is 1.28. The largest absolute Gasteiger partial charge is 0.502 e. The fourth-order valence-corrected chi connectivity index (χ4v) is 4.66. The second kappa shape index (κ2) is 8.79. The Hall–Kier alpha value is 0.677. The maximum Gasteiger partial charge on any atom is 0.502 e. The maximum atomic E-state index is 5.83. The summed E-state index contributed by atoms with van der Waals surface area (Å²) < 4.78 is 16.9. The Morgan fingerprint density at radius 1 is 1.20 bits per heavy atom. The Balaban J connectivity index is 4.40. The highest BCUT2D eigenvalue weighted by atomic mass is 35.5. The Morgan fingerprint density at radius 2 is 1.73 bits per heavy atom. The predicted molar refractivity (Wildman–Crippen MR) is 65.6 cm³/mol. The van der Waals surface area contributed by atoms with Gasteiger partial charge >= 0.3 is 8.80 Å². The molecule has 0 saturated heterocycles. The van der Waals surface area contributed by atoms with E-state index in [1.165, 1.54) is 0 Å². The SMILES string of the molecule is CCO[Si](CCCCl)(OCC)OC(C)Cl. The van der Waals surface area contributed by atoms with Gasteiger partial charge in [-0.05, 0) is 27.2 Å². The molecule has 0 heterocycles. The Morgan fingerprint density at radius 3 is 2.07 bits per heavy atom. The van der Waals surface area contributed by atoms with Gasteiger partial charge in [-0.3, -0.25) is 0 Å². The molecule has 0 aromatic carbocycles. The van der Waals surface area contributed by atoms with Crippen molar-refractivity contribution in [2.45, 2.75) is 38.8 Å². The second-order valence-electron chi connectivity index (χ2n) is 3.00. The average Bonchev–Trinajstić information content (AvgIpc) is 2.14. The third-order valence-corrected chi connectivity index (χ3v) is 5.33. The van der Waals surface area contributed by atoms with Crippen LogP contribution in [0.2, 0.25) is 6.04 Å². The first-order valence-corrected chi connectivity index (χ1v) is 8.16. The van der Waals surface area contributed by atoms with Crippen molar-refractivity contribution in [3.8, 4) is 0 Å². The van der Waals surface area contributed by atoms with Crippen molar-refractivity contribution in [1.29, 1.82) is 0 Å². The number of rotatable bonds is 9. The van der Waals surface area contributed by atoms with Crippen LogP contribution in [0.25, 0.3) is 0 Å². The molecule has 15 heavy (non-hydrogen) atoms. The van der Waals surface area contributed by atoms with Crippen LogP contribution in [-0.4, -0.2) is 33.5 Å². The molecule has 0 spiro atoms. The Labute approximate surface area is 103 Å². The van der Waals surface area contributed by atoms with E-state index < -0.39 is 14.4 Å². The van der Waals surface area contributed by atoms with Crippen molar-refractivity contribution in [2.24, 2.45) is 0 Å². The van der Waals surface area contributed by atoms with Crippen LogP contribution >= 0.6 is 23.2 Å². The fraction of sp³-hybridized carbons (Fsp3) is 1.00. The lowest BCUT2D eigenvalue weighted by Gasteiger charge is -2.29. The standard InChI is InChI=1S/C9H20Cl2O3Si/c1-4-12-15(13-5-2,8-6-7-10)14-9(3)11/h9H,4-8H2,1-3H3. The molecule has 0 aromatic rings. The average molecular weight is 275 g/mol. The van der Waals surface area contributed by atoms with Gasteiger partial charge < -0.3 is 13.3 Å². The molecule has 0 radical (unpaired) electrons. The third kappa shape index (κ3) is 6.76. The van der Waals surface area contributed by atoms with Crippen LogP contribution in [0.5, 0.6) is 0 Å². The summed E-state index contributed by atoms with van der Waals surface area (Å²) in [5, 5.41) is 0. The van der Waals surface area contributed by atoms with Gasteiger partial charge in [0.15, 0.2) is 0 Å². The van der Waals surface area contributed by atoms with Crippen LogP contribution in [0.4, 0.5) is 0 Å². The molecule has 0 fully saturated rings. The van der Waals surface area contributed by atoms with Crippen LogP contribution in [-0.2, 0) is 13.3 Å². The van der Waals surface area contributed by atoms with Crippen LogP contribution in [0, 0.1) is 0 Å². The van der Waals surface area contributed by atoms with Crippen LogP contribution < -0.4 is 0 Å². The molecular formula is C9H20Cl2O3Si. The zero-order valence-corrected chi connectivity index (χ0v) is 12.1. The number of alkyl halides is 2. The molecule has 0 saturated carbocycles. The highest BCUT2D eigenvalue weighted by molar-refractivity contribution is 6.61. The van der Waals surface area contributed by atoms with Crippen molar-refractivity contribution in [3.05, 3.63) is 0 Å². The van der Waals surface area contributed by atoms with E-state index in [9.17, 15) is 0 Å². The van der Waals surface area contributed by atoms with Crippen molar-refractivity contribution < 1.29 is 13.3 Å². The van der Waals surface area contributed by atoms with Gasteiger partial charge in [-0.25, -0.2) is 0 Å². The summed E-state index contributed by atoms with van der Waals surface area (Å²) in [4.78, 5) is 0. The van der Waals surface area contributed by atoms with Gasteiger partial charge in [0.1, 0.15) is 5.56 Å². The van der Waals surface area contributed by atoms with Crippen molar-refractivity contribution in [2.75, 3.05) is 19.1 Å². The molecular weight excluding hydrogens is 255 g/mol. The van der Waals surface area contributed by atoms with Crippen LogP contribution in [0.3, 0.4) is 0 Å². The van der Waals surface area contributed by atoms with Gasteiger partial charge in [0.2, 0.25) is 0 Å². The van der Waals surface area contributed by atoms with Crippen LogP contribution in [0.1, 0.15) is 27.2 Å². The van der Waals surface area contributed by atoms with Crippen LogP contribution in [0.15, 0.2) is 0 Å². The van der Waals surface area contributed by atoms with Gasteiger partial charge in [-0.2, -0.15) is 0 Å². The lowest BCUT2D eigenvalue weighted by Crippen LogP contribution is -2.47. The molecule has 1 unspecified atom stereocenters.